The molecule has 2 amide bonds. The molecule has 128 valence electrons. The number of nitrogens with one attached hydrogen (secondary N) is 2. The van der Waals surface area contributed by atoms with E-state index in [1.807, 2.05) is 45.0 Å². The SMILES string of the molecule is Cc1cc(C(C)NC(=O)NCc2ccc3c(c2)OCCO3)c(C)o1. The van der Waals surface area contributed by atoms with E-state index in [9.17, 15) is 4.79 Å². The highest BCUT2D eigenvalue weighted by molar-refractivity contribution is 5.74. The van der Waals surface area contributed by atoms with Crippen molar-refractivity contribution in [2.24, 2.45) is 0 Å². The first-order valence-electron chi connectivity index (χ1n) is 8.03. The molecule has 0 spiro atoms. The zero-order valence-electron chi connectivity index (χ0n) is 14.1. The van der Waals surface area contributed by atoms with Crippen molar-refractivity contribution in [1.82, 2.24) is 10.6 Å². The summed E-state index contributed by atoms with van der Waals surface area (Å²) in [6, 6.07) is 7.27. The lowest BCUT2D eigenvalue weighted by Gasteiger charge is -2.19. The number of amides is 2. The number of ether oxygens (including phenoxy) is 2. The van der Waals surface area contributed by atoms with Crippen molar-refractivity contribution in [2.75, 3.05) is 13.2 Å². The van der Waals surface area contributed by atoms with E-state index in [-0.39, 0.29) is 12.1 Å². The smallest absolute Gasteiger partial charge is 0.315 e. The van der Waals surface area contributed by atoms with E-state index in [1.54, 1.807) is 0 Å². The summed E-state index contributed by atoms with van der Waals surface area (Å²) in [5.41, 5.74) is 1.94. The molecule has 0 bridgehead atoms. The number of hydrogen-bond acceptors (Lipinski definition) is 4. The molecule has 1 aromatic heterocycles. The van der Waals surface area contributed by atoms with Gasteiger partial charge in [-0.25, -0.2) is 4.79 Å². The predicted octanol–water partition coefficient (Wildman–Crippen LogP) is 3.23. The molecule has 2 heterocycles. The number of urea groups is 1. The molecular weight excluding hydrogens is 308 g/mol. The highest BCUT2D eigenvalue weighted by Gasteiger charge is 2.15. The van der Waals surface area contributed by atoms with Crippen molar-refractivity contribution in [1.29, 1.82) is 0 Å². The fourth-order valence-electron chi connectivity index (χ4n) is 2.79. The van der Waals surface area contributed by atoms with Gasteiger partial charge in [0.1, 0.15) is 24.7 Å². The van der Waals surface area contributed by atoms with Crippen LogP contribution in [0.3, 0.4) is 0 Å². The first-order chi connectivity index (χ1) is 11.5. The minimum Gasteiger partial charge on any atom is -0.486 e. The maximum atomic E-state index is 12.1. The molecule has 1 aliphatic heterocycles. The number of carbonyl (C=O) groups excluding carboxylic acids is 1. The Morgan fingerprint density at radius 2 is 1.92 bits per heavy atom. The Hall–Kier alpha value is -2.63. The number of carbonyl (C=O) groups is 1. The highest BCUT2D eigenvalue weighted by Crippen LogP contribution is 2.30. The van der Waals surface area contributed by atoms with Crippen molar-refractivity contribution >= 4 is 6.03 Å². The van der Waals surface area contributed by atoms with Crippen LogP contribution in [0.1, 0.15) is 35.6 Å². The Balaban J connectivity index is 1.55. The molecule has 0 saturated heterocycles. The van der Waals surface area contributed by atoms with E-state index in [0.29, 0.717) is 19.8 Å². The van der Waals surface area contributed by atoms with Crippen LogP contribution >= 0.6 is 0 Å². The maximum Gasteiger partial charge on any atom is 0.315 e. The van der Waals surface area contributed by atoms with Crippen molar-refractivity contribution in [3.8, 4) is 11.5 Å². The standard InChI is InChI=1S/C18H22N2O4/c1-11-8-15(13(3)24-11)12(2)20-18(21)19-10-14-4-5-16-17(9-14)23-7-6-22-16/h4-5,8-9,12H,6-7,10H2,1-3H3,(H2,19,20,21). The van der Waals surface area contributed by atoms with Gasteiger partial charge in [0.25, 0.3) is 0 Å². The number of benzene rings is 1. The molecule has 1 unspecified atom stereocenters. The molecular formula is C18H22N2O4. The van der Waals surface area contributed by atoms with Gasteiger partial charge in [0.15, 0.2) is 11.5 Å². The molecule has 0 saturated carbocycles. The summed E-state index contributed by atoms with van der Waals surface area (Å²) in [4.78, 5) is 12.1. The first kappa shape index (κ1) is 16.2. The Morgan fingerprint density at radius 3 is 2.62 bits per heavy atom. The molecule has 24 heavy (non-hydrogen) atoms. The van der Waals surface area contributed by atoms with Crippen LogP contribution in [-0.2, 0) is 6.54 Å². The van der Waals surface area contributed by atoms with E-state index in [0.717, 1.165) is 34.1 Å². The van der Waals surface area contributed by atoms with Crippen LogP contribution in [0.4, 0.5) is 4.79 Å². The second kappa shape index (κ2) is 6.86. The molecule has 0 fully saturated rings. The van der Waals surface area contributed by atoms with Gasteiger partial charge in [-0.05, 0) is 44.5 Å². The third-order valence-corrected chi connectivity index (χ3v) is 3.95. The first-order valence-corrected chi connectivity index (χ1v) is 8.03. The minimum absolute atomic E-state index is 0.122. The molecule has 0 aliphatic carbocycles. The average molecular weight is 330 g/mol. The Morgan fingerprint density at radius 1 is 1.17 bits per heavy atom. The molecule has 3 rings (SSSR count). The third-order valence-electron chi connectivity index (χ3n) is 3.95. The third kappa shape index (κ3) is 3.64. The van der Waals surface area contributed by atoms with Crippen LogP contribution < -0.4 is 20.1 Å². The molecule has 1 atom stereocenters. The van der Waals surface area contributed by atoms with Gasteiger partial charge >= 0.3 is 6.03 Å². The van der Waals surface area contributed by atoms with Gasteiger partial charge < -0.3 is 24.5 Å². The zero-order valence-corrected chi connectivity index (χ0v) is 14.1. The quantitative estimate of drug-likeness (QED) is 0.903. The van der Waals surface area contributed by atoms with E-state index in [4.69, 9.17) is 13.9 Å². The topological polar surface area (TPSA) is 72.7 Å². The summed E-state index contributed by atoms with van der Waals surface area (Å²) in [6.07, 6.45) is 0. The van der Waals surface area contributed by atoms with Crippen molar-refractivity contribution in [3.63, 3.8) is 0 Å². The minimum atomic E-state index is -0.226. The van der Waals surface area contributed by atoms with Gasteiger partial charge in [0.05, 0.1) is 6.04 Å². The van der Waals surface area contributed by atoms with Gasteiger partial charge in [0.2, 0.25) is 0 Å². The molecule has 6 nitrogen and oxygen atoms in total. The van der Waals surface area contributed by atoms with Crippen molar-refractivity contribution in [2.45, 2.75) is 33.4 Å². The van der Waals surface area contributed by atoms with Crippen molar-refractivity contribution < 1.29 is 18.7 Å². The summed E-state index contributed by atoms with van der Waals surface area (Å²) >= 11 is 0. The lowest BCUT2D eigenvalue weighted by Crippen LogP contribution is -2.36. The van der Waals surface area contributed by atoms with Crippen LogP contribution in [0.5, 0.6) is 11.5 Å². The number of aryl methyl sites for hydroxylation is 2. The van der Waals surface area contributed by atoms with Crippen LogP contribution in [-0.4, -0.2) is 19.2 Å². The second-order valence-electron chi connectivity index (χ2n) is 5.90. The fourth-order valence-corrected chi connectivity index (χ4v) is 2.79. The normalized spacial score (nSPS) is 14.1. The van der Waals surface area contributed by atoms with Crippen LogP contribution in [0.15, 0.2) is 28.7 Å². The predicted molar refractivity (Wildman–Crippen MR) is 89.4 cm³/mol. The summed E-state index contributed by atoms with van der Waals surface area (Å²) < 4.78 is 16.5. The van der Waals surface area contributed by atoms with Crippen LogP contribution in [0, 0.1) is 13.8 Å². The number of fused-ring (bicyclic) bond motifs is 1. The second-order valence-corrected chi connectivity index (χ2v) is 5.90. The fraction of sp³-hybridized carbons (Fsp3) is 0.389. The van der Waals surface area contributed by atoms with Gasteiger partial charge in [0, 0.05) is 12.1 Å². The number of hydrogen-bond donors (Lipinski definition) is 2. The summed E-state index contributed by atoms with van der Waals surface area (Å²) in [5, 5.41) is 5.77. The zero-order chi connectivity index (χ0) is 17.1. The molecule has 2 N–H and O–H groups in total. The number of furan rings is 1. The molecule has 1 aromatic carbocycles. The molecule has 1 aliphatic rings. The van der Waals surface area contributed by atoms with Gasteiger partial charge in [-0.15, -0.1) is 0 Å². The van der Waals surface area contributed by atoms with Gasteiger partial charge in [-0.3, -0.25) is 0 Å². The lowest BCUT2D eigenvalue weighted by molar-refractivity contribution is 0.171. The van der Waals surface area contributed by atoms with Crippen LogP contribution in [0.2, 0.25) is 0 Å². The Kier molecular flexibility index (Phi) is 4.64. The average Bonchev–Trinajstić information content (AvgIpc) is 2.91. The van der Waals surface area contributed by atoms with Crippen LogP contribution in [0.25, 0.3) is 0 Å². The monoisotopic (exact) mass is 330 g/mol. The van der Waals surface area contributed by atoms with E-state index in [1.165, 1.54) is 0 Å². The summed E-state index contributed by atoms with van der Waals surface area (Å²) in [5.74, 6) is 3.13. The summed E-state index contributed by atoms with van der Waals surface area (Å²) in [7, 11) is 0. The van der Waals surface area contributed by atoms with E-state index < -0.39 is 0 Å². The van der Waals surface area contributed by atoms with E-state index >= 15 is 0 Å². The summed E-state index contributed by atoms with van der Waals surface area (Å²) in [6.45, 7) is 7.25. The van der Waals surface area contributed by atoms with Gasteiger partial charge in [-0.2, -0.15) is 0 Å². The molecule has 6 heteroatoms. The van der Waals surface area contributed by atoms with E-state index in [2.05, 4.69) is 10.6 Å². The molecule has 2 aromatic rings. The molecule has 0 radical (unpaired) electrons. The highest BCUT2D eigenvalue weighted by atomic mass is 16.6. The largest absolute Gasteiger partial charge is 0.486 e. The Bertz CT molecular complexity index is 739. The maximum absolute atomic E-state index is 12.1. The Labute approximate surface area is 141 Å². The van der Waals surface area contributed by atoms with Crippen molar-refractivity contribution in [3.05, 3.63) is 46.9 Å². The lowest BCUT2D eigenvalue weighted by atomic mass is 10.1. The number of rotatable bonds is 4. The van der Waals surface area contributed by atoms with Gasteiger partial charge in [-0.1, -0.05) is 6.07 Å².